The first-order valence-corrected chi connectivity index (χ1v) is 8.88. The number of hydrogen-bond donors (Lipinski definition) is 2. The van der Waals surface area contributed by atoms with E-state index in [1.807, 2.05) is 61.5 Å². The van der Waals surface area contributed by atoms with E-state index in [1.165, 1.54) is 6.21 Å². The van der Waals surface area contributed by atoms with Crippen LogP contribution in [0.1, 0.15) is 11.3 Å². The van der Waals surface area contributed by atoms with Crippen LogP contribution >= 0.6 is 15.9 Å². The summed E-state index contributed by atoms with van der Waals surface area (Å²) in [5, 5.41) is 6.98. The molecule has 0 unspecified atom stereocenters. The number of aryl methyl sites for hydroxylation is 1. The zero-order chi connectivity index (χ0) is 18.4. The highest BCUT2D eigenvalue weighted by atomic mass is 79.9. The molecule has 0 saturated carbocycles. The Morgan fingerprint density at radius 3 is 2.73 bits per heavy atom. The average molecular weight is 412 g/mol. The fraction of sp³-hybridized carbons (Fsp3) is 0.100. The number of hydrazone groups is 1. The molecule has 0 aliphatic rings. The van der Waals surface area contributed by atoms with Crippen LogP contribution < -0.4 is 10.7 Å². The lowest BCUT2D eigenvalue weighted by Crippen LogP contribution is -2.25. The second-order valence-corrected chi connectivity index (χ2v) is 6.64. The third kappa shape index (κ3) is 5.07. The fourth-order valence-corrected chi connectivity index (χ4v) is 2.60. The molecule has 1 amide bonds. The number of nitrogens with one attached hydrogen (secondary N) is 2. The van der Waals surface area contributed by atoms with Crippen molar-refractivity contribution in [2.75, 3.05) is 11.9 Å². The molecule has 5 nitrogen and oxygen atoms in total. The van der Waals surface area contributed by atoms with E-state index in [0.717, 1.165) is 27.0 Å². The summed E-state index contributed by atoms with van der Waals surface area (Å²) in [5.41, 5.74) is 5.48. The Kier molecular flexibility index (Phi) is 5.86. The molecule has 2 aromatic carbocycles. The number of nitrogens with zero attached hydrogens (tertiary/aromatic N) is 1. The van der Waals surface area contributed by atoms with Gasteiger partial charge in [-0.2, -0.15) is 5.10 Å². The van der Waals surface area contributed by atoms with Crippen LogP contribution in [0.25, 0.3) is 11.3 Å². The number of furan rings is 1. The van der Waals surface area contributed by atoms with Gasteiger partial charge in [-0.25, -0.2) is 5.43 Å². The van der Waals surface area contributed by atoms with Crippen LogP contribution in [0, 0.1) is 6.92 Å². The fourth-order valence-electron chi connectivity index (χ4n) is 2.34. The molecular weight excluding hydrogens is 394 g/mol. The molecule has 0 spiro atoms. The number of amides is 1. The first kappa shape index (κ1) is 17.9. The van der Waals surface area contributed by atoms with Crippen molar-refractivity contribution in [1.29, 1.82) is 0 Å². The molecule has 0 aliphatic carbocycles. The van der Waals surface area contributed by atoms with E-state index >= 15 is 0 Å². The molecule has 0 aliphatic heterocycles. The molecule has 0 atom stereocenters. The Morgan fingerprint density at radius 1 is 1.15 bits per heavy atom. The van der Waals surface area contributed by atoms with Crippen molar-refractivity contribution in [2.24, 2.45) is 5.10 Å². The van der Waals surface area contributed by atoms with Crippen LogP contribution in [-0.2, 0) is 4.79 Å². The topological polar surface area (TPSA) is 66.6 Å². The van der Waals surface area contributed by atoms with Crippen LogP contribution in [-0.4, -0.2) is 18.7 Å². The van der Waals surface area contributed by atoms with Gasteiger partial charge in [0.15, 0.2) is 0 Å². The highest BCUT2D eigenvalue weighted by Gasteiger charge is 2.04. The Bertz CT molecular complexity index is 917. The smallest absolute Gasteiger partial charge is 0.259 e. The second-order valence-electron chi connectivity index (χ2n) is 5.73. The lowest BCUT2D eigenvalue weighted by molar-refractivity contribution is -0.119. The zero-order valence-corrected chi connectivity index (χ0v) is 15.8. The molecule has 6 heteroatoms. The van der Waals surface area contributed by atoms with Crippen LogP contribution in [0.4, 0.5) is 5.69 Å². The van der Waals surface area contributed by atoms with Crippen molar-refractivity contribution >= 4 is 33.7 Å². The van der Waals surface area contributed by atoms with Crippen molar-refractivity contribution in [3.05, 3.63) is 76.5 Å². The van der Waals surface area contributed by atoms with Crippen molar-refractivity contribution < 1.29 is 9.21 Å². The number of carbonyl (C=O) groups excluding carboxylic acids is 1. The third-order valence-electron chi connectivity index (χ3n) is 3.61. The van der Waals surface area contributed by atoms with Gasteiger partial charge >= 0.3 is 0 Å². The van der Waals surface area contributed by atoms with E-state index in [4.69, 9.17) is 4.42 Å². The van der Waals surface area contributed by atoms with Gasteiger partial charge in [0, 0.05) is 15.7 Å². The monoisotopic (exact) mass is 411 g/mol. The maximum atomic E-state index is 11.8. The van der Waals surface area contributed by atoms with Crippen LogP contribution in [0.5, 0.6) is 0 Å². The van der Waals surface area contributed by atoms with Gasteiger partial charge in [-0.05, 0) is 48.9 Å². The lowest BCUT2D eigenvalue weighted by Gasteiger charge is -2.05. The molecule has 3 rings (SSSR count). The van der Waals surface area contributed by atoms with Crippen LogP contribution in [0.2, 0.25) is 0 Å². The Balaban J connectivity index is 1.50. The second kappa shape index (κ2) is 8.49. The molecule has 26 heavy (non-hydrogen) atoms. The van der Waals surface area contributed by atoms with Gasteiger partial charge < -0.3 is 9.73 Å². The normalized spacial score (nSPS) is 10.8. The van der Waals surface area contributed by atoms with Crippen molar-refractivity contribution in [3.63, 3.8) is 0 Å². The third-order valence-corrected chi connectivity index (χ3v) is 4.14. The summed E-state index contributed by atoms with van der Waals surface area (Å²) < 4.78 is 6.71. The zero-order valence-electron chi connectivity index (χ0n) is 14.2. The maximum Gasteiger partial charge on any atom is 0.259 e. The SMILES string of the molecule is Cc1cccc(NCC(=O)NN=Cc2ccc(-c3ccc(Br)cc3)o2)c1. The van der Waals surface area contributed by atoms with E-state index in [0.29, 0.717) is 5.76 Å². The van der Waals surface area contributed by atoms with Gasteiger partial charge in [0.1, 0.15) is 11.5 Å². The van der Waals surface area contributed by atoms with Gasteiger partial charge in [-0.3, -0.25) is 4.79 Å². The lowest BCUT2D eigenvalue weighted by atomic mass is 10.2. The van der Waals surface area contributed by atoms with E-state index in [1.54, 1.807) is 6.07 Å². The van der Waals surface area contributed by atoms with Crippen LogP contribution in [0.15, 0.2) is 74.7 Å². The number of benzene rings is 2. The minimum absolute atomic E-state index is 0.142. The van der Waals surface area contributed by atoms with E-state index in [9.17, 15) is 4.79 Å². The van der Waals surface area contributed by atoms with E-state index < -0.39 is 0 Å². The Labute approximate surface area is 160 Å². The summed E-state index contributed by atoms with van der Waals surface area (Å²) in [7, 11) is 0. The van der Waals surface area contributed by atoms with Crippen molar-refractivity contribution in [1.82, 2.24) is 5.43 Å². The summed E-state index contributed by atoms with van der Waals surface area (Å²) in [4.78, 5) is 11.8. The minimum atomic E-state index is -0.234. The molecule has 1 heterocycles. The molecule has 2 N–H and O–H groups in total. The minimum Gasteiger partial charge on any atom is -0.455 e. The number of hydrogen-bond acceptors (Lipinski definition) is 4. The maximum absolute atomic E-state index is 11.8. The van der Waals surface area contributed by atoms with Gasteiger partial charge in [0.25, 0.3) is 5.91 Å². The molecule has 132 valence electrons. The number of anilines is 1. The van der Waals surface area contributed by atoms with Crippen molar-refractivity contribution in [3.8, 4) is 11.3 Å². The molecular formula is C20H18BrN3O2. The largest absolute Gasteiger partial charge is 0.455 e. The summed E-state index contributed by atoms with van der Waals surface area (Å²) in [6.07, 6.45) is 1.48. The number of rotatable bonds is 6. The van der Waals surface area contributed by atoms with E-state index in [2.05, 4.69) is 31.8 Å². The molecule has 0 bridgehead atoms. The number of carbonyl (C=O) groups is 1. The predicted molar refractivity (Wildman–Crippen MR) is 107 cm³/mol. The summed E-state index contributed by atoms with van der Waals surface area (Å²) in [6.45, 7) is 2.14. The van der Waals surface area contributed by atoms with Crippen LogP contribution in [0.3, 0.4) is 0 Å². The quantitative estimate of drug-likeness (QED) is 0.460. The summed E-state index contributed by atoms with van der Waals surface area (Å²) in [6, 6.07) is 19.3. The van der Waals surface area contributed by atoms with Gasteiger partial charge in [-0.15, -0.1) is 0 Å². The molecule has 1 aromatic heterocycles. The van der Waals surface area contributed by atoms with Gasteiger partial charge in [0.05, 0.1) is 12.8 Å². The molecule has 0 radical (unpaired) electrons. The average Bonchev–Trinajstić information content (AvgIpc) is 3.09. The molecule has 0 saturated heterocycles. The van der Waals surface area contributed by atoms with Crippen molar-refractivity contribution in [2.45, 2.75) is 6.92 Å². The highest BCUT2D eigenvalue weighted by molar-refractivity contribution is 9.10. The Hall–Kier alpha value is -2.86. The Morgan fingerprint density at radius 2 is 1.96 bits per heavy atom. The van der Waals surface area contributed by atoms with E-state index in [-0.39, 0.29) is 12.5 Å². The highest BCUT2D eigenvalue weighted by Crippen LogP contribution is 2.23. The standard InChI is InChI=1S/C20H18BrN3O2/c1-14-3-2-4-17(11-14)22-13-20(25)24-23-12-18-9-10-19(26-18)15-5-7-16(21)8-6-15/h2-12,22H,13H2,1H3,(H,24,25). The molecule has 3 aromatic rings. The predicted octanol–water partition coefficient (Wildman–Crippen LogP) is 4.58. The molecule has 0 fully saturated rings. The first-order valence-electron chi connectivity index (χ1n) is 8.08. The summed E-state index contributed by atoms with van der Waals surface area (Å²) in [5.74, 6) is 1.07. The first-order chi connectivity index (χ1) is 12.6. The summed E-state index contributed by atoms with van der Waals surface area (Å²) >= 11 is 3.40. The van der Waals surface area contributed by atoms with Gasteiger partial charge in [-0.1, -0.05) is 40.2 Å². The van der Waals surface area contributed by atoms with Gasteiger partial charge in [0.2, 0.25) is 0 Å². The number of halogens is 1.